The number of carbonyl (C=O) groups excluding carboxylic acids is 1. The molecular formula is C18H27N3O. The second-order valence-corrected chi connectivity index (χ2v) is 6.95. The van der Waals surface area contributed by atoms with E-state index in [4.69, 9.17) is 0 Å². The molecule has 1 heterocycles. The van der Waals surface area contributed by atoms with Crippen LogP contribution in [0.15, 0.2) is 30.1 Å². The molecule has 0 spiro atoms. The van der Waals surface area contributed by atoms with Crippen LogP contribution in [0.25, 0.3) is 0 Å². The lowest BCUT2D eigenvalue weighted by molar-refractivity contribution is 0.0953. The lowest BCUT2D eigenvalue weighted by atomic mass is 9.97. The van der Waals surface area contributed by atoms with E-state index in [0.29, 0.717) is 12.1 Å². The van der Waals surface area contributed by atoms with Crippen molar-refractivity contribution in [3.05, 3.63) is 35.7 Å². The van der Waals surface area contributed by atoms with E-state index in [2.05, 4.69) is 42.5 Å². The fourth-order valence-electron chi connectivity index (χ4n) is 2.64. The van der Waals surface area contributed by atoms with E-state index in [9.17, 15) is 4.79 Å². The number of aromatic nitrogens is 1. The Balaban J connectivity index is 1.86. The molecule has 2 rings (SSSR count). The Morgan fingerprint density at radius 2 is 2.09 bits per heavy atom. The summed E-state index contributed by atoms with van der Waals surface area (Å²) in [4.78, 5) is 16.4. The lowest BCUT2D eigenvalue weighted by Gasteiger charge is -2.22. The lowest BCUT2D eigenvalue weighted by Crippen LogP contribution is -2.27. The number of hydrogen-bond acceptors (Lipinski definition) is 3. The first-order chi connectivity index (χ1) is 10.4. The van der Waals surface area contributed by atoms with Crippen LogP contribution in [0.4, 0.5) is 5.69 Å². The van der Waals surface area contributed by atoms with Gasteiger partial charge in [-0.3, -0.25) is 9.78 Å². The van der Waals surface area contributed by atoms with Crippen molar-refractivity contribution in [2.75, 3.05) is 11.9 Å². The van der Waals surface area contributed by atoms with Crippen LogP contribution in [0.3, 0.4) is 0 Å². The van der Waals surface area contributed by atoms with E-state index >= 15 is 0 Å². The van der Waals surface area contributed by atoms with Crippen molar-refractivity contribution in [2.24, 2.45) is 0 Å². The summed E-state index contributed by atoms with van der Waals surface area (Å²) in [6, 6.07) is 1.85. The van der Waals surface area contributed by atoms with Crippen LogP contribution < -0.4 is 10.6 Å². The van der Waals surface area contributed by atoms with Gasteiger partial charge in [-0.2, -0.15) is 0 Å². The number of pyridine rings is 1. The smallest absolute Gasteiger partial charge is 0.252 e. The molecule has 1 aromatic heterocycles. The molecule has 2 N–H and O–H groups in total. The quantitative estimate of drug-likeness (QED) is 0.811. The van der Waals surface area contributed by atoms with Gasteiger partial charge in [0.15, 0.2) is 0 Å². The van der Waals surface area contributed by atoms with Crippen LogP contribution >= 0.6 is 0 Å². The summed E-state index contributed by atoms with van der Waals surface area (Å²) in [6.07, 6.45) is 11.6. The van der Waals surface area contributed by atoms with Crippen LogP contribution in [0.2, 0.25) is 0 Å². The normalized spacial score (nSPS) is 15.1. The first-order valence-electron chi connectivity index (χ1n) is 8.13. The van der Waals surface area contributed by atoms with Crippen LogP contribution in [0.1, 0.15) is 63.2 Å². The third-order valence-electron chi connectivity index (χ3n) is 3.64. The summed E-state index contributed by atoms with van der Waals surface area (Å²) in [5.41, 5.74) is 2.90. The summed E-state index contributed by atoms with van der Waals surface area (Å²) < 4.78 is 0. The number of amides is 1. The van der Waals surface area contributed by atoms with E-state index in [0.717, 1.165) is 12.1 Å². The number of rotatable bonds is 5. The Morgan fingerprint density at radius 1 is 1.27 bits per heavy atom. The van der Waals surface area contributed by atoms with Crippen molar-refractivity contribution in [3.8, 4) is 0 Å². The molecule has 0 radical (unpaired) electrons. The van der Waals surface area contributed by atoms with Crippen molar-refractivity contribution in [2.45, 2.75) is 58.4 Å². The standard InChI is InChI=1S/C18H27N3O/c1-18(2,3)21-16-11-15(12-19-13-16)17(22)20-10-9-14-7-5-4-6-8-14/h7,11-13,21H,4-6,8-10H2,1-3H3,(H,20,22). The molecule has 1 amide bonds. The number of carbonyl (C=O) groups is 1. The molecule has 0 saturated carbocycles. The molecule has 0 unspecified atom stereocenters. The topological polar surface area (TPSA) is 54.0 Å². The summed E-state index contributed by atoms with van der Waals surface area (Å²) >= 11 is 0. The summed E-state index contributed by atoms with van der Waals surface area (Å²) in [7, 11) is 0. The highest BCUT2D eigenvalue weighted by Crippen LogP contribution is 2.19. The fraction of sp³-hybridized carbons (Fsp3) is 0.556. The minimum Gasteiger partial charge on any atom is -0.379 e. The number of allylic oxidation sites excluding steroid dienone is 1. The second kappa shape index (κ2) is 7.43. The number of nitrogens with zero attached hydrogens (tertiary/aromatic N) is 1. The Morgan fingerprint density at radius 3 is 2.77 bits per heavy atom. The maximum absolute atomic E-state index is 12.2. The third-order valence-corrected chi connectivity index (χ3v) is 3.64. The van der Waals surface area contributed by atoms with Crippen molar-refractivity contribution < 1.29 is 4.79 Å². The second-order valence-electron chi connectivity index (χ2n) is 6.95. The zero-order valence-electron chi connectivity index (χ0n) is 13.9. The van der Waals surface area contributed by atoms with Crippen molar-refractivity contribution in [1.82, 2.24) is 10.3 Å². The summed E-state index contributed by atoms with van der Waals surface area (Å²) in [5, 5.41) is 6.32. The molecule has 0 fully saturated rings. The van der Waals surface area contributed by atoms with Crippen LogP contribution in [0.5, 0.6) is 0 Å². The average Bonchev–Trinajstić information content (AvgIpc) is 2.47. The maximum atomic E-state index is 12.2. The zero-order valence-corrected chi connectivity index (χ0v) is 13.9. The van der Waals surface area contributed by atoms with E-state index < -0.39 is 0 Å². The van der Waals surface area contributed by atoms with Crippen molar-refractivity contribution >= 4 is 11.6 Å². The molecule has 0 aromatic carbocycles. The predicted molar refractivity (Wildman–Crippen MR) is 91.1 cm³/mol. The molecule has 1 aliphatic rings. The van der Waals surface area contributed by atoms with Gasteiger partial charge in [0.2, 0.25) is 0 Å². The summed E-state index contributed by atoms with van der Waals surface area (Å²) in [6.45, 7) is 6.94. The average molecular weight is 301 g/mol. The first kappa shape index (κ1) is 16.5. The molecule has 22 heavy (non-hydrogen) atoms. The van der Waals surface area contributed by atoms with E-state index in [1.807, 2.05) is 6.07 Å². The van der Waals surface area contributed by atoms with E-state index in [-0.39, 0.29) is 11.4 Å². The van der Waals surface area contributed by atoms with Crippen molar-refractivity contribution in [1.29, 1.82) is 0 Å². The number of nitrogens with one attached hydrogen (secondary N) is 2. The SMILES string of the molecule is CC(C)(C)Nc1cncc(C(=O)NCCC2=CCCCC2)c1. The molecule has 0 atom stereocenters. The van der Waals surface area contributed by atoms with Gasteiger partial charge in [0, 0.05) is 24.5 Å². The van der Waals surface area contributed by atoms with Gasteiger partial charge in [-0.15, -0.1) is 0 Å². The molecule has 4 nitrogen and oxygen atoms in total. The summed E-state index contributed by atoms with van der Waals surface area (Å²) in [5.74, 6) is -0.0542. The Bertz CT molecular complexity index is 544. The highest BCUT2D eigenvalue weighted by molar-refractivity contribution is 5.94. The molecule has 0 bridgehead atoms. The predicted octanol–water partition coefficient (Wildman–Crippen LogP) is 3.91. The van der Waals surface area contributed by atoms with Gasteiger partial charge in [-0.1, -0.05) is 11.6 Å². The molecule has 1 aromatic rings. The highest BCUT2D eigenvalue weighted by Gasteiger charge is 2.12. The number of hydrogen-bond donors (Lipinski definition) is 2. The number of anilines is 1. The van der Waals surface area contributed by atoms with Crippen LogP contribution in [0, 0.1) is 0 Å². The first-order valence-corrected chi connectivity index (χ1v) is 8.13. The highest BCUT2D eigenvalue weighted by atomic mass is 16.1. The molecular weight excluding hydrogens is 274 g/mol. The van der Waals surface area contributed by atoms with Crippen molar-refractivity contribution in [3.63, 3.8) is 0 Å². The minimum absolute atomic E-state index is 0.0514. The van der Waals surface area contributed by atoms with Gasteiger partial charge >= 0.3 is 0 Å². The molecule has 120 valence electrons. The molecule has 4 heteroatoms. The molecule has 1 aliphatic carbocycles. The minimum atomic E-state index is -0.0542. The molecule has 0 saturated heterocycles. The van der Waals surface area contributed by atoms with Crippen LogP contribution in [-0.4, -0.2) is 23.0 Å². The maximum Gasteiger partial charge on any atom is 0.252 e. The van der Waals surface area contributed by atoms with E-state index in [1.165, 1.54) is 31.3 Å². The molecule has 0 aliphatic heterocycles. The Hall–Kier alpha value is -1.84. The zero-order chi connectivity index (χ0) is 16.0. The van der Waals surface area contributed by atoms with Gasteiger partial charge in [0.1, 0.15) is 0 Å². The monoisotopic (exact) mass is 301 g/mol. The van der Waals surface area contributed by atoms with Gasteiger partial charge in [-0.05, 0) is 58.9 Å². The van der Waals surface area contributed by atoms with Gasteiger partial charge in [0.25, 0.3) is 5.91 Å². The largest absolute Gasteiger partial charge is 0.379 e. The van der Waals surface area contributed by atoms with Gasteiger partial charge in [0.05, 0.1) is 11.3 Å². The Labute approximate surface area is 133 Å². The third kappa shape index (κ3) is 5.51. The Kier molecular flexibility index (Phi) is 5.58. The van der Waals surface area contributed by atoms with Gasteiger partial charge in [-0.25, -0.2) is 0 Å². The van der Waals surface area contributed by atoms with Crippen LogP contribution in [-0.2, 0) is 0 Å². The fourth-order valence-corrected chi connectivity index (χ4v) is 2.64. The van der Waals surface area contributed by atoms with Gasteiger partial charge < -0.3 is 10.6 Å². The van der Waals surface area contributed by atoms with E-state index in [1.54, 1.807) is 12.4 Å².